The van der Waals surface area contributed by atoms with E-state index in [4.69, 9.17) is 0 Å². The highest BCUT2D eigenvalue weighted by atomic mass is 32.2. The summed E-state index contributed by atoms with van der Waals surface area (Å²) in [6.45, 7) is 0.946. The van der Waals surface area contributed by atoms with Crippen LogP contribution in [-0.2, 0) is 10.0 Å². The Labute approximate surface area is 187 Å². The van der Waals surface area contributed by atoms with Gasteiger partial charge >= 0.3 is 0 Å². The van der Waals surface area contributed by atoms with Gasteiger partial charge in [-0.15, -0.1) is 0 Å². The molecule has 1 heterocycles. The van der Waals surface area contributed by atoms with E-state index in [0.717, 1.165) is 23.3 Å². The van der Waals surface area contributed by atoms with Crippen LogP contribution in [0, 0.1) is 17.7 Å². The molecule has 1 saturated heterocycles. The van der Waals surface area contributed by atoms with Crippen molar-refractivity contribution in [3.05, 3.63) is 101 Å². The summed E-state index contributed by atoms with van der Waals surface area (Å²) in [6.07, 6.45) is 0. The van der Waals surface area contributed by atoms with Crippen LogP contribution < -0.4 is 0 Å². The minimum absolute atomic E-state index is 0.0471. The molecule has 0 radical (unpaired) electrons. The van der Waals surface area contributed by atoms with Gasteiger partial charge in [-0.3, -0.25) is 4.79 Å². The Morgan fingerprint density at radius 1 is 0.750 bits per heavy atom. The maximum absolute atomic E-state index is 13.1. The fourth-order valence-electron chi connectivity index (χ4n) is 3.43. The third kappa shape index (κ3) is 4.88. The lowest BCUT2D eigenvalue weighted by molar-refractivity contribution is 0.0698. The summed E-state index contributed by atoms with van der Waals surface area (Å²) in [5, 5.41) is 0. The smallest absolute Gasteiger partial charge is 0.253 e. The molecular weight excluding hydrogens is 427 g/mol. The van der Waals surface area contributed by atoms with Gasteiger partial charge in [-0.05, 0) is 60.7 Å². The van der Waals surface area contributed by atoms with E-state index in [2.05, 4.69) is 11.8 Å². The van der Waals surface area contributed by atoms with Gasteiger partial charge in [0.25, 0.3) is 5.91 Å². The molecule has 162 valence electrons. The van der Waals surface area contributed by atoms with Gasteiger partial charge in [0.2, 0.25) is 10.0 Å². The molecule has 7 heteroatoms. The number of rotatable bonds is 3. The minimum atomic E-state index is -3.71. The number of hydrogen-bond donors (Lipinski definition) is 0. The molecule has 3 aromatic carbocycles. The second kappa shape index (κ2) is 9.35. The van der Waals surface area contributed by atoms with E-state index in [0.29, 0.717) is 5.56 Å². The summed E-state index contributed by atoms with van der Waals surface area (Å²) in [5.74, 6) is 5.52. The molecule has 1 fully saturated rings. The van der Waals surface area contributed by atoms with Crippen molar-refractivity contribution in [1.29, 1.82) is 0 Å². The van der Waals surface area contributed by atoms with E-state index in [1.165, 1.54) is 16.4 Å². The number of carbonyl (C=O) groups is 1. The molecule has 0 bridgehead atoms. The van der Waals surface area contributed by atoms with Gasteiger partial charge in [0.05, 0.1) is 4.90 Å². The first kappa shape index (κ1) is 21.8. The van der Waals surface area contributed by atoms with Crippen LogP contribution >= 0.6 is 0 Å². The van der Waals surface area contributed by atoms with Crippen LogP contribution in [0.4, 0.5) is 4.39 Å². The van der Waals surface area contributed by atoms with E-state index in [-0.39, 0.29) is 37.0 Å². The zero-order chi connectivity index (χ0) is 22.6. The van der Waals surface area contributed by atoms with Crippen LogP contribution in [-0.4, -0.2) is 49.7 Å². The summed E-state index contributed by atoms with van der Waals surface area (Å²) in [4.78, 5) is 14.5. The predicted molar refractivity (Wildman–Crippen MR) is 120 cm³/mol. The van der Waals surface area contributed by atoms with Gasteiger partial charge in [-0.25, -0.2) is 12.8 Å². The summed E-state index contributed by atoms with van der Waals surface area (Å²) >= 11 is 0. The number of piperazine rings is 1. The van der Waals surface area contributed by atoms with Crippen LogP contribution in [0.25, 0.3) is 0 Å². The second-order valence-corrected chi connectivity index (χ2v) is 9.28. The maximum Gasteiger partial charge on any atom is 0.253 e. The molecule has 32 heavy (non-hydrogen) atoms. The highest BCUT2D eigenvalue weighted by Crippen LogP contribution is 2.19. The van der Waals surface area contributed by atoms with Gasteiger partial charge in [-0.2, -0.15) is 4.31 Å². The van der Waals surface area contributed by atoms with Crippen molar-refractivity contribution < 1.29 is 17.6 Å². The average Bonchev–Trinajstić information content (AvgIpc) is 2.84. The lowest BCUT2D eigenvalue weighted by Gasteiger charge is -2.34. The van der Waals surface area contributed by atoms with Gasteiger partial charge in [0, 0.05) is 42.9 Å². The molecule has 1 amide bonds. The average molecular weight is 449 g/mol. The standard InChI is InChI=1S/C25H21FN2O3S/c26-23-12-14-24(15-13-23)32(30,31)28-18-16-27(17-19-28)25(29)22-10-8-21(9-11-22)7-6-20-4-2-1-3-5-20/h1-5,8-15H,16-19H2. The summed E-state index contributed by atoms with van der Waals surface area (Å²) in [7, 11) is -3.71. The lowest BCUT2D eigenvalue weighted by Crippen LogP contribution is -2.50. The Morgan fingerprint density at radius 3 is 1.91 bits per heavy atom. The van der Waals surface area contributed by atoms with Crippen molar-refractivity contribution >= 4 is 15.9 Å². The molecule has 3 aromatic rings. The summed E-state index contributed by atoms with van der Waals surface area (Å²) < 4.78 is 39.9. The monoisotopic (exact) mass is 448 g/mol. The molecule has 0 unspecified atom stereocenters. The van der Waals surface area contributed by atoms with Crippen molar-refractivity contribution in [2.45, 2.75) is 4.90 Å². The van der Waals surface area contributed by atoms with Crippen LogP contribution in [0.5, 0.6) is 0 Å². The van der Waals surface area contributed by atoms with Crippen molar-refractivity contribution in [2.75, 3.05) is 26.2 Å². The molecule has 0 atom stereocenters. The number of amides is 1. The van der Waals surface area contributed by atoms with Crippen molar-refractivity contribution in [3.8, 4) is 11.8 Å². The van der Waals surface area contributed by atoms with Crippen molar-refractivity contribution in [2.24, 2.45) is 0 Å². The second-order valence-electron chi connectivity index (χ2n) is 7.34. The molecule has 0 aromatic heterocycles. The van der Waals surface area contributed by atoms with E-state index in [1.54, 1.807) is 29.2 Å². The summed E-state index contributed by atoms with van der Waals surface area (Å²) in [5.41, 5.74) is 2.26. The van der Waals surface area contributed by atoms with E-state index in [1.807, 2.05) is 30.3 Å². The molecule has 1 aliphatic rings. The quantitative estimate of drug-likeness (QED) is 0.578. The maximum atomic E-state index is 13.1. The molecule has 0 saturated carbocycles. The van der Waals surface area contributed by atoms with Crippen LogP contribution in [0.15, 0.2) is 83.8 Å². The topological polar surface area (TPSA) is 57.7 Å². The SMILES string of the molecule is O=C(c1ccc(C#Cc2ccccc2)cc1)N1CCN(S(=O)(=O)c2ccc(F)cc2)CC1. The van der Waals surface area contributed by atoms with Gasteiger partial charge in [-0.1, -0.05) is 30.0 Å². The van der Waals surface area contributed by atoms with Gasteiger partial charge in [0.1, 0.15) is 5.82 Å². The zero-order valence-corrected chi connectivity index (χ0v) is 18.1. The third-order valence-corrected chi connectivity index (χ3v) is 7.15. The number of hydrogen-bond acceptors (Lipinski definition) is 3. The Morgan fingerprint density at radius 2 is 1.31 bits per heavy atom. The van der Waals surface area contributed by atoms with E-state index < -0.39 is 15.8 Å². The normalized spacial score (nSPS) is 14.5. The molecule has 5 nitrogen and oxygen atoms in total. The molecule has 0 aliphatic carbocycles. The number of benzene rings is 3. The highest BCUT2D eigenvalue weighted by molar-refractivity contribution is 7.89. The number of sulfonamides is 1. The number of nitrogens with zero attached hydrogens (tertiary/aromatic N) is 2. The molecule has 4 rings (SSSR count). The summed E-state index contributed by atoms with van der Waals surface area (Å²) in [6, 6.07) is 21.5. The Bertz CT molecular complexity index is 1250. The number of carbonyl (C=O) groups excluding carboxylic acids is 1. The molecule has 1 aliphatic heterocycles. The molecule has 0 spiro atoms. The van der Waals surface area contributed by atoms with Gasteiger partial charge < -0.3 is 4.90 Å². The van der Waals surface area contributed by atoms with E-state index in [9.17, 15) is 17.6 Å². The third-order valence-electron chi connectivity index (χ3n) is 5.23. The fourth-order valence-corrected chi connectivity index (χ4v) is 4.85. The first-order chi connectivity index (χ1) is 15.4. The minimum Gasteiger partial charge on any atom is -0.336 e. The Kier molecular flexibility index (Phi) is 6.35. The lowest BCUT2D eigenvalue weighted by atomic mass is 10.1. The van der Waals surface area contributed by atoms with Crippen LogP contribution in [0.1, 0.15) is 21.5 Å². The first-order valence-electron chi connectivity index (χ1n) is 10.2. The highest BCUT2D eigenvalue weighted by Gasteiger charge is 2.30. The molecular formula is C25H21FN2O3S. The predicted octanol–water partition coefficient (Wildman–Crippen LogP) is 3.37. The Hall–Kier alpha value is -3.47. The van der Waals surface area contributed by atoms with E-state index >= 15 is 0 Å². The fraction of sp³-hybridized carbons (Fsp3) is 0.160. The van der Waals surface area contributed by atoms with Crippen molar-refractivity contribution in [3.63, 3.8) is 0 Å². The molecule has 0 N–H and O–H groups in total. The largest absolute Gasteiger partial charge is 0.336 e. The van der Waals surface area contributed by atoms with Gasteiger partial charge in [0.15, 0.2) is 0 Å². The van der Waals surface area contributed by atoms with Crippen molar-refractivity contribution in [1.82, 2.24) is 9.21 Å². The van der Waals surface area contributed by atoms with Crippen LogP contribution in [0.2, 0.25) is 0 Å². The first-order valence-corrected chi connectivity index (χ1v) is 11.6. The zero-order valence-electron chi connectivity index (χ0n) is 17.2. The van der Waals surface area contributed by atoms with Crippen LogP contribution in [0.3, 0.4) is 0 Å². The Balaban J connectivity index is 1.38. The number of halogens is 1.